The van der Waals surface area contributed by atoms with E-state index in [0.29, 0.717) is 30.9 Å². The number of alkyl halides is 1. The summed E-state index contributed by atoms with van der Waals surface area (Å²) in [7, 11) is 0. The number of ether oxygens (including phenoxy) is 1. The summed E-state index contributed by atoms with van der Waals surface area (Å²) in [5, 5.41) is 11.4. The van der Waals surface area contributed by atoms with Crippen LogP contribution in [0.5, 0.6) is 5.75 Å². The molecule has 2 N–H and O–H groups in total. The van der Waals surface area contributed by atoms with Crippen molar-refractivity contribution in [2.24, 2.45) is 5.73 Å². The predicted molar refractivity (Wildman–Crippen MR) is 69.7 cm³/mol. The molecule has 1 rings (SSSR count). The van der Waals surface area contributed by atoms with Gasteiger partial charge >= 0.3 is 5.69 Å². The lowest BCUT2D eigenvalue weighted by Gasteiger charge is -2.10. The Morgan fingerprint density at radius 2 is 2.22 bits per heavy atom. The molecule has 1 aromatic carbocycles. The van der Waals surface area contributed by atoms with Gasteiger partial charge < -0.3 is 10.5 Å². The number of nitro benzene ring substituents is 1. The molecule has 0 aromatic heterocycles. The van der Waals surface area contributed by atoms with E-state index in [1.54, 1.807) is 0 Å². The van der Waals surface area contributed by atoms with E-state index in [0.717, 1.165) is 23.9 Å². The van der Waals surface area contributed by atoms with Gasteiger partial charge in [-0.3, -0.25) is 10.1 Å². The molecule has 0 spiro atoms. The van der Waals surface area contributed by atoms with Gasteiger partial charge in [0.1, 0.15) is 5.75 Å². The van der Waals surface area contributed by atoms with E-state index >= 15 is 0 Å². The molecule has 5 nitrogen and oxygen atoms in total. The fourth-order valence-electron chi connectivity index (χ4n) is 1.45. The van der Waals surface area contributed by atoms with Crippen LogP contribution in [0.2, 0.25) is 0 Å². The lowest BCUT2D eigenvalue weighted by atomic mass is 10.1. The third kappa shape index (κ3) is 3.92. The second-order valence-corrected chi connectivity index (χ2v) is 4.39. The minimum atomic E-state index is -0.865. The zero-order valence-electron chi connectivity index (χ0n) is 9.70. The van der Waals surface area contributed by atoms with E-state index in [1.165, 1.54) is 0 Å². The lowest BCUT2D eigenvalue weighted by Crippen LogP contribution is -2.08. The number of hydrogen-bond donors (Lipinski definition) is 1. The first kappa shape index (κ1) is 14.8. The zero-order chi connectivity index (χ0) is 13.5. The Balaban J connectivity index is 3.01. The molecule has 0 amide bonds. The van der Waals surface area contributed by atoms with Gasteiger partial charge in [-0.25, -0.2) is 0 Å². The number of nitro groups is 1. The van der Waals surface area contributed by atoms with Crippen LogP contribution in [0.25, 0.3) is 0 Å². The van der Waals surface area contributed by atoms with E-state index in [1.807, 2.05) is 0 Å². The number of benzene rings is 1. The van der Waals surface area contributed by atoms with Gasteiger partial charge in [-0.1, -0.05) is 15.9 Å². The maximum atomic E-state index is 13.4. The SMILES string of the molecule is NCCc1cc(F)c([N+](=O)[O-])cc1OCCCBr. The normalized spacial score (nSPS) is 10.4. The Hall–Kier alpha value is -1.21. The van der Waals surface area contributed by atoms with Crippen LogP contribution in [0, 0.1) is 15.9 Å². The highest BCUT2D eigenvalue weighted by Crippen LogP contribution is 2.28. The molecule has 0 radical (unpaired) electrons. The van der Waals surface area contributed by atoms with Gasteiger partial charge in [0.05, 0.1) is 17.6 Å². The molecular weight excluding hydrogens is 307 g/mol. The highest BCUT2D eigenvalue weighted by atomic mass is 79.9. The molecule has 0 unspecified atom stereocenters. The van der Waals surface area contributed by atoms with Crippen molar-refractivity contribution in [1.82, 2.24) is 0 Å². The van der Waals surface area contributed by atoms with Gasteiger partial charge in [0.25, 0.3) is 0 Å². The first-order valence-corrected chi connectivity index (χ1v) is 6.58. The number of nitrogens with two attached hydrogens (primary N) is 1. The van der Waals surface area contributed by atoms with Gasteiger partial charge in [0, 0.05) is 5.33 Å². The molecule has 0 aliphatic heterocycles. The minimum Gasteiger partial charge on any atom is -0.493 e. The molecule has 7 heteroatoms. The molecule has 0 bridgehead atoms. The highest BCUT2D eigenvalue weighted by molar-refractivity contribution is 9.09. The van der Waals surface area contributed by atoms with Crippen molar-refractivity contribution in [3.8, 4) is 5.75 Å². The van der Waals surface area contributed by atoms with Crippen LogP contribution in [0.4, 0.5) is 10.1 Å². The summed E-state index contributed by atoms with van der Waals surface area (Å²) in [6.45, 7) is 0.734. The van der Waals surface area contributed by atoms with Crippen molar-refractivity contribution in [3.05, 3.63) is 33.6 Å². The van der Waals surface area contributed by atoms with E-state index in [9.17, 15) is 14.5 Å². The maximum absolute atomic E-state index is 13.4. The van der Waals surface area contributed by atoms with Crippen molar-refractivity contribution in [2.75, 3.05) is 18.5 Å². The molecule has 0 heterocycles. The second-order valence-electron chi connectivity index (χ2n) is 3.60. The van der Waals surface area contributed by atoms with Gasteiger partial charge in [0.2, 0.25) is 5.82 Å². The highest BCUT2D eigenvalue weighted by Gasteiger charge is 2.18. The summed E-state index contributed by atoms with van der Waals surface area (Å²) in [5.74, 6) is -0.536. The molecule has 0 saturated carbocycles. The molecule has 0 saturated heterocycles. The number of rotatable bonds is 7. The standard InChI is InChI=1S/C11H14BrFN2O3/c12-3-1-5-18-11-7-10(15(16)17)9(13)6-8(11)2-4-14/h6-7H,1-5,14H2. The molecule has 0 aliphatic rings. The van der Waals surface area contributed by atoms with Gasteiger partial charge in [-0.15, -0.1) is 0 Å². The summed E-state index contributed by atoms with van der Waals surface area (Å²) in [5.41, 5.74) is 5.38. The fourth-order valence-corrected chi connectivity index (χ4v) is 1.67. The molecule has 1 aromatic rings. The average molecular weight is 321 g/mol. The first-order chi connectivity index (χ1) is 8.60. The monoisotopic (exact) mass is 320 g/mol. The molecule has 18 heavy (non-hydrogen) atoms. The van der Waals surface area contributed by atoms with Crippen molar-refractivity contribution in [2.45, 2.75) is 12.8 Å². The molecule has 100 valence electrons. The van der Waals surface area contributed by atoms with Crippen LogP contribution in [0.3, 0.4) is 0 Å². The number of hydrogen-bond acceptors (Lipinski definition) is 4. The average Bonchev–Trinajstić information content (AvgIpc) is 2.32. The minimum absolute atomic E-state index is 0.325. The Kier molecular flexibility index (Phi) is 6.00. The number of halogens is 2. The van der Waals surface area contributed by atoms with Crippen LogP contribution in [-0.4, -0.2) is 23.4 Å². The Morgan fingerprint density at radius 3 is 2.78 bits per heavy atom. The van der Waals surface area contributed by atoms with Gasteiger partial charge in [-0.2, -0.15) is 4.39 Å². The third-order valence-electron chi connectivity index (χ3n) is 2.28. The van der Waals surface area contributed by atoms with E-state index in [4.69, 9.17) is 10.5 Å². The third-order valence-corrected chi connectivity index (χ3v) is 2.84. The van der Waals surface area contributed by atoms with Crippen LogP contribution in [-0.2, 0) is 6.42 Å². The fraction of sp³-hybridized carbons (Fsp3) is 0.455. The summed E-state index contributed by atoms with van der Waals surface area (Å²) in [6, 6.07) is 2.24. The summed E-state index contributed by atoms with van der Waals surface area (Å²) < 4.78 is 18.9. The van der Waals surface area contributed by atoms with Gasteiger partial charge in [-0.05, 0) is 31.0 Å². The van der Waals surface area contributed by atoms with Crippen LogP contribution in [0.15, 0.2) is 12.1 Å². The number of nitrogens with zero attached hydrogens (tertiary/aromatic N) is 1. The van der Waals surface area contributed by atoms with E-state index in [2.05, 4.69) is 15.9 Å². The Labute approximate surface area is 112 Å². The van der Waals surface area contributed by atoms with Crippen LogP contribution >= 0.6 is 15.9 Å². The first-order valence-electron chi connectivity index (χ1n) is 5.45. The smallest absolute Gasteiger partial charge is 0.308 e. The van der Waals surface area contributed by atoms with Crippen molar-refractivity contribution in [1.29, 1.82) is 0 Å². The van der Waals surface area contributed by atoms with E-state index < -0.39 is 16.4 Å². The van der Waals surface area contributed by atoms with Crippen molar-refractivity contribution < 1.29 is 14.1 Å². The lowest BCUT2D eigenvalue weighted by molar-refractivity contribution is -0.387. The summed E-state index contributed by atoms with van der Waals surface area (Å²) in [4.78, 5) is 9.89. The quantitative estimate of drug-likeness (QED) is 0.362. The topological polar surface area (TPSA) is 78.4 Å². The summed E-state index contributed by atoms with van der Waals surface area (Å²) >= 11 is 3.25. The Bertz CT molecular complexity index is 429. The van der Waals surface area contributed by atoms with Gasteiger partial charge in [0.15, 0.2) is 0 Å². The Morgan fingerprint density at radius 1 is 1.50 bits per heavy atom. The molecule has 0 atom stereocenters. The molecule has 0 aliphatic carbocycles. The van der Waals surface area contributed by atoms with Crippen LogP contribution < -0.4 is 10.5 Å². The summed E-state index contributed by atoms with van der Waals surface area (Å²) in [6.07, 6.45) is 1.17. The van der Waals surface area contributed by atoms with Crippen LogP contribution in [0.1, 0.15) is 12.0 Å². The predicted octanol–water partition coefficient (Wildman–Crippen LogP) is 2.40. The molecular formula is C11H14BrFN2O3. The maximum Gasteiger partial charge on any atom is 0.308 e. The van der Waals surface area contributed by atoms with Crippen molar-refractivity contribution in [3.63, 3.8) is 0 Å². The largest absolute Gasteiger partial charge is 0.493 e. The zero-order valence-corrected chi connectivity index (χ0v) is 11.3. The van der Waals surface area contributed by atoms with E-state index in [-0.39, 0.29) is 0 Å². The van der Waals surface area contributed by atoms with Crippen molar-refractivity contribution >= 4 is 21.6 Å². The molecule has 0 fully saturated rings. The second kappa shape index (κ2) is 7.27.